The molecule has 1 fully saturated rings. The van der Waals surface area contributed by atoms with Crippen molar-refractivity contribution >= 4 is 10.9 Å². The number of aromatic nitrogens is 1. The zero-order chi connectivity index (χ0) is 12.6. The molecule has 0 amide bonds. The first-order valence-corrected chi connectivity index (χ1v) is 6.39. The van der Waals surface area contributed by atoms with Gasteiger partial charge in [0.15, 0.2) is 0 Å². The van der Waals surface area contributed by atoms with E-state index >= 15 is 0 Å². The summed E-state index contributed by atoms with van der Waals surface area (Å²) in [6.45, 7) is 5.31. The molecule has 1 aromatic carbocycles. The van der Waals surface area contributed by atoms with Crippen molar-refractivity contribution in [3.8, 4) is 5.75 Å². The number of nitrogens with one attached hydrogen (secondary N) is 1. The quantitative estimate of drug-likeness (QED) is 0.879. The van der Waals surface area contributed by atoms with Gasteiger partial charge < -0.3 is 10.1 Å². The maximum absolute atomic E-state index is 6.10. The molecule has 0 spiro atoms. The second-order valence-electron chi connectivity index (χ2n) is 5.54. The Kier molecular flexibility index (Phi) is 2.71. The van der Waals surface area contributed by atoms with Crippen LogP contribution in [0.25, 0.3) is 10.9 Å². The molecule has 0 aliphatic carbocycles. The van der Waals surface area contributed by atoms with E-state index < -0.39 is 0 Å². The molecule has 1 aliphatic rings. The second-order valence-corrected chi connectivity index (χ2v) is 5.54. The number of fused-ring (bicyclic) bond motifs is 1. The first kappa shape index (κ1) is 11.5. The molecule has 2 heterocycles. The fraction of sp³-hybridized carbons (Fsp3) is 0.400. The smallest absolute Gasteiger partial charge is 0.146 e. The Bertz CT molecular complexity index is 560. The molecule has 18 heavy (non-hydrogen) atoms. The Labute approximate surface area is 107 Å². The summed E-state index contributed by atoms with van der Waals surface area (Å²) in [5.41, 5.74) is 1.12. The third kappa shape index (κ3) is 2.18. The van der Waals surface area contributed by atoms with E-state index in [1.54, 1.807) is 0 Å². The molecular formula is C15H18N2O. The monoisotopic (exact) mass is 242 g/mol. The van der Waals surface area contributed by atoms with Crippen molar-refractivity contribution in [3.63, 3.8) is 0 Å². The van der Waals surface area contributed by atoms with Crippen molar-refractivity contribution in [1.29, 1.82) is 0 Å². The van der Waals surface area contributed by atoms with Gasteiger partial charge in [0, 0.05) is 30.1 Å². The Morgan fingerprint density at radius 3 is 2.89 bits per heavy atom. The third-order valence-electron chi connectivity index (χ3n) is 3.44. The van der Waals surface area contributed by atoms with Crippen molar-refractivity contribution in [2.75, 3.05) is 6.54 Å². The molecule has 3 rings (SSSR count). The molecule has 3 heteroatoms. The number of hydrogen-bond acceptors (Lipinski definition) is 3. The summed E-state index contributed by atoms with van der Waals surface area (Å²) < 4.78 is 6.10. The van der Waals surface area contributed by atoms with Crippen LogP contribution in [-0.2, 0) is 0 Å². The van der Waals surface area contributed by atoms with Crippen LogP contribution in [-0.4, -0.2) is 23.2 Å². The van der Waals surface area contributed by atoms with E-state index in [0.717, 1.165) is 29.6 Å². The molecule has 0 radical (unpaired) electrons. The SMILES string of the molecule is CC1(C)CC(Oc2cccc3cccnc23)CN1. The molecule has 1 saturated heterocycles. The number of benzene rings is 1. The highest BCUT2D eigenvalue weighted by Gasteiger charge is 2.31. The lowest BCUT2D eigenvalue weighted by atomic mass is 10.0. The van der Waals surface area contributed by atoms with Crippen LogP contribution in [0.1, 0.15) is 20.3 Å². The highest BCUT2D eigenvalue weighted by molar-refractivity contribution is 5.84. The standard InChI is InChI=1S/C15H18N2O/c1-15(2)9-12(10-17-15)18-13-7-3-5-11-6-4-8-16-14(11)13/h3-8,12,17H,9-10H2,1-2H3. The van der Waals surface area contributed by atoms with E-state index in [9.17, 15) is 0 Å². The summed E-state index contributed by atoms with van der Waals surface area (Å²) in [5.74, 6) is 0.887. The van der Waals surface area contributed by atoms with E-state index in [0.29, 0.717) is 0 Å². The lowest BCUT2D eigenvalue weighted by Gasteiger charge is -2.18. The van der Waals surface area contributed by atoms with Gasteiger partial charge in [0.2, 0.25) is 0 Å². The van der Waals surface area contributed by atoms with Crippen molar-refractivity contribution in [3.05, 3.63) is 36.5 Å². The number of rotatable bonds is 2. The van der Waals surface area contributed by atoms with Crippen LogP contribution >= 0.6 is 0 Å². The molecule has 3 nitrogen and oxygen atoms in total. The maximum atomic E-state index is 6.10. The molecule has 2 aromatic rings. The average molecular weight is 242 g/mol. The van der Waals surface area contributed by atoms with Crippen LogP contribution in [0, 0.1) is 0 Å². The molecule has 1 aromatic heterocycles. The van der Waals surface area contributed by atoms with Crippen LogP contribution in [0.15, 0.2) is 36.5 Å². The molecule has 94 valence electrons. The summed E-state index contributed by atoms with van der Waals surface area (Å²) in [7, 11) is 0. The van der Waals surface area contributed by atoms with Gasteiger partial charge in [0.05, 0.1) is 0 Å². The minimum absolute atomic E-state index is 0.169. The van der Waals surface area contributed by atoms with Gasteiger partial charge in [-0.15, -0.1) is 0 Å². The summed E-state index contributed by atoms with van der Waals surface area (Å²) >= 11 is 0. The highest BCUT2D eigenvalue weighted by atomic mass is 16.5. The maximum Gasteiger partial charge on any atom is 0.146 e. The number of pyridine rings is 1. The van der Waals surface area contributed by atoms with Crippen LogP contribution in [0.2, 0.25) is 0 Å². The van der Waals surface area contributed by atoms with E-state index in [4.69, 9.17) is 4.74 Å². The molecule has 1 aliphatic heterocycles. The van der Waals surface area contributed by atoms with Gasteiger partial charge in [-0.2, -0.15) is 0 Å². The zero-order valence-electron chi connectivity index (χ0n) is 10.8. The first-order chi connectivity index (χ1) is 8.64. The number of nitrogens with zero attached hydrogens (tertiary/aromatic N) is 1. The molecule has 0 bridgehead atoms. The lowest BCUT2D eigenvalue weighted by Crippen LogP contribution is -2.31. The Balaban J connectivity index is 1.87. The number of hydrogen-bond donors (Lipinski definition) is 1. The predicted octanol–water partition coefficient (Wildman–Crippen LogP) is 2.75. The van der Waals surface area contributed by atoms with Gasteiger partial charge in [-0.25, -0.2) is 0 Å². The molecular weight excluding hydrogens is 224 g/mol. The Hall–Kier alpha value is -1.61. The van der Waals surface area contributed by atoms with Gasteiger partial charge in [-0.1, -0.05) is 18.2 Å². The van der Waals surface area contributed by atoms with Gasteiger partial charge in [-0.3, -0.25) is 4.98 Å². The molecule has 1 unspecified atom stereocenters. The third-order valence-corrected chi connectivity index (χ3v) is 3.44. The Morgan fingerprint density at radius 2 is 2.11 bits per heavy atom. The van der Waals surface area contributed by atoms with E-state index in [1.807, 2.05) is 24.4 Å². The minimum atomic E-state index is 0.169. The number of ether oxygens (including phenoxy) is 1. The van der Waals surface area contributed by atoms with Crippen molar-refractivity contribution in [2.45, 2.75) is 31.9 Å². The summed E-state index contributed by atoms with van der Waals surface area (Å²) in [6, 6.07) is 10.1. The van der Waals surface area contributed by atoms with E-state index in [-0.39, 0.29) is 11.6 Å². The highest BCUT2D eigenvalue weighted by Crippen LogP contribution is 2.27. The van der Waals surface area contributed by atoms with E-state index in [1.165, 1.54) is 0 Å². The zero-order valence-corrected chi connectivity index (χ0v) is 10.8. The normalized spacial score (nSPS) is 22.2. The topological polar surface area (TPSA) is 34.1 Å². The van der Waals surface area contributed by atoms with Crippen LogP contribution in [0.4, 0.5) is 0 Å². The minimum Gasteiger partial charge on any atom is -0.487 e. The fourth-order valence-corrected chi connectivity index (χ4v) is 2.54. The lowest BCUT2D eigenvalue weighted by molar-refractivity contribution is 0.216. The second kappa shape index (κ2) is 4.25. The fourth-order valence-electron chi connectivity index (χ4n) is 2.54. The molecule has 1 N–H and O–H groups in total. The van der Waals surface area contributed by atoms with Crippen molar-refractivity contribution in [2.24, 2.45) is 0 Å². The summed E-state index contributed by atoms with van der Waals surface area (Å²) in [4.78, 5) is 4.41. The average Bonchev–Trinajstić information content (AvgIpc) is 2.69. The molecule has 0 saturated carbocycles. The predicted molar refractivity (Wildman–Crippen MR) is 72.9 cm³/mol. The van der Waals surface area contributed by atoms with Gasteiger partial charge in [0.25, 0.3) is 0 Å². The van der Waals surface area contributed by atoms with Crippen LogP contribution in [0.5, 0.6) is 5.75 Å². The Morgan fingerprint density at radius 1 is 1.28 bits per heavy atom. The number of para-hydroxylation sites is 1. The summed E-state index contributed by atoms with van der Waals surface area (Å²) in [5, 5.41) is 4.59. The van der Waals surface area contributed by atoms with Gasteiger partial charge in [0.1, 0.15) is 17.4 Å². The van der Waals surface area contributed by atoms with Crippen molar-refractivity contribution < 1.29 is 4.74 Å². The van der Waals surface area contributed by atoms with Crippen LogP contribution in [0.3, 0.4) is 0 Å². The van der Waals surface area contributed by atoms with Crippen LogP contribution < -0.4 is 10.1 Å². The van der Waals surface area contributed by atoms with Crippen molar-refractivity contribution in [1.82, 2.24) is 10.3 Å². The molecule has 1 atom stereocenters. The summed E-state index contributed by atoms with van der Waals surface area (Å²) in [6.07, 6.45) is 3.06. The largest absolute Gasteiger partial charge is 0.487 e. The first-order valence-electron chi connectivity index (χ1n) is 6.39. The van der Waals surface area contributed by atoms with E-state index in [2.05, 4.69) is 36.3 Å². The van der Waals surface area contributed by atoms with Gasteiger partial charge >= 0.3 is 0 Å². The van der Waals surface area contributed by atoms with Gasteiger partial charge in [-0.05, 0) is 26.0 Å².